The van der Waals surface area contributed by atoms with Gasteiger partial charge in [-0.2, -0.15) is 0 Å². The Bertz CT molecular complexity index is 994. The van der Waals surface area contributed by atoms with Gasteiger partial charge in [-0.25, -0.2) is 0 Å². The van der Waals surface area contributed by atoms with Crippen molar-refractivity contribution < 1.29 is 14.6 Å². The monoisotopic (exact) mass is 403 g/mol. The van der Waals surface area contributed by atoms with Crippen LogP contribution in [0.3, 0.4) is 0 Å². The molecule has 1 amide bonds. The summed E-state index contributed by atoms with van der Waals surface area (Å²) >= 11 is 0. The number of carbonyl (C=O) groups excluding carboxylic acids is 1. The fourth-order valence-corrected chi connectivity index (χ4v) is 3.62. The highest BCUT2D eigenvalue weighted by Crippen LogP contribution is 2.20. The van der Waals surface area contributed by atoms with E-state index in [0.717, 1.165) is 19.5 Å². The lowest BCUT2D eigenvalue weighted by Gasteiger charge is -2.30. The van der Waals surface area contributed by atoms with Crippen LogP contribution in [-0.4, -0.2) is 46.7 Å². The minimum Gasteiger partial charge on any atom is -0.491 e. The van der Waals surface area contributed by atoms with Gasteiger partial charge in [0.05, 0.1) is 5.56 Å². The van der Waals surface area contributed by atoms with E-state index in [4.69, 9.17) is 4.74 Å². The number of pyridine rings is 1. The van der Waals surface area contributed by atoms with Crippen molar-refractivity contribution in [2.75, 3.05) is 25.0 Å². The van der Waals surface area contributed by atoms with Crippen LogP contribution in [-0.2, 0) is 13.0 Å². The normalized spacial score (nSPS) is 14.6. The molecule has 0 fully saturated rings. The number of aromatic nitrogens is 1. The molecule has 1 atom stereocenters. The van der Waals surface area contributed by atoms with E-state index in [2.05, 4.69) is 39.5 Å². The lowest BCUT2D eigenvalue weighted by atomic mass is 10.00. The molecular formula is C24H25N3O3. The first-order valence-corrected chi connectivity index (χ1v) is 10.1. The van der Waals surface area contributed by atoms with Crippen LogP contribution in [0.2, 0.25) is 0 Å². The standard InChI is InChI=1S/C24H25N3O3/c28-22(16-27-12-10-18-5-1-2-6-20(18)15-27)17-30-23-9-3-8-21(13-23)26-24(29)19-7-4-11-25-14-19/h1-9,11,13-14,22,28H,10,12,15-17H2,(H,26,29). The fourth-order valence-electron chi connectivity index (χ4n) is 3.62. The zero-order valence-electron chi connectivity index (χ0n) is 16.7. The highest BCUT2D eigenvalue weighted by molar-refractivity contribution is 6.04. The van der Waals surface area contributed by atoms with E-state index in [9.17, 15) is 9.90 Å². The van der Waals surface area contributed by atoms with Crippen LogP contribution in [0.5, 0.6) is 5.75 Å². The fraction of sp³-hybridized carbons (Fsp3) is 0.250. The number of rotatable bonds is 7. The molecule has 0 aliphatic carbocycles. The molecule has 3 aromatic rings. The SMILES string of the molecule is O=C(Nc1cccc(OCC(O)CN2CCc3ccccc3C2)c1)c1cccnc1. The summed E-state index contributed by atoms with van der Waals surface area (Å²) in [7, 11) is 0. The Kier molecular flexibility index (Phi) is 6.37. The number of amides is 1. The van der Waals surface area contributed by atoms with Gasteiger partial charge in [-0.1, -0.05) is 30.3 Å². The van der Waals surface area contributed by atoms with Crippen LogP contribution in [0.4, 0.5) is 5.69 Å². The van der Waals surface area contributed by atoms with E-state index < -0.39 is 6.10 Å². The second-order valence-electron chi connectivity index (χ2n) is 7.44. The minimum absolute atomic E-state index is 0.193. The van der Waals surface area contributed by atoms with E-state index in [1.807, 2.05) is 12.1 Å². The predicted molar refractivity (Wildman–Crippen MR) is 116 cm³/mol. The predicted octanol–water partition coefficient (Wildman–Crippen LogP) is 3.13. The van der Waals surface area contributed by atoms with Crippen LogP contribution in [0.15, 0.2) is 73.1 Å². The van der Waals surface area contributed by atoms with Gasteiger partial charge in [-0.05, 0) is 41.8 Å². The van der Waals surface area contributed by atoms with Gasteiger partial charge in [0.2, 0.25) is 0 Å². The maximum atomic E-state index is 12.3. The Hall–Kier alpha value is -3.22. The summed E-state index contributed by atoms with van der Waals surface area (Å²) in [5.74, 6) is 0.368. The first-order chi connectivity index (χ1) is 14.7. The Balaban J connectivity index is 1.28. The smallest absolute Gasteiger partial charge is 0.257 e. The van der Waals surface area contributed by atoms with Crippen molar-refractivity contribution >= 4 is 11.6 Å². The second kappa shape index (κ2) is 9.52. The number of aliphatic hydroxyl groups excluding tert-OH is 1. The third-order valence-electron chi connectivity index (χ3n) is 5.14. The van der Waals surface area contributed by atoms with Gasteiger partial charge in [0.1, 0.15) is 18.5 Å². The molecule has 0 radical (unpaired) electrons. The van der Waals surface area contributed by atoms with E-state index >= 15 is 0 Å². The van der Waals surface area contributed by atoms with Crippen LogP contribution >= 0.6 is 0 Å². The largest absolute Gasteiger partial charge is 0.491 e. The first-order valence-electron chi connectivity index (χ1n) is 10.1. The number of hydrogen-bond acceptors (Lipinski definition) is 5. The summed E-state index contributed by atoms with van der Waals surface area (Å²) in [5, 5.41) is 13.3. The van der Waals surface area contributed by atoms with Gasteiger partial charge < -0.3 is 15.2 Å². The van der Waals surface area contributed by atoms with Gasteiger partial charge in [0.15, 0.2) is 0 Å². The summed E-state index contributed by atoms with van der Waals surface area (Å²) in [5.41, 5.74) is 3.84. The van der Waals surface area contributed by atoms with Gasteiger partial charge in [0.25, 0.3) is 5.91 Å². The van der Waals surface area contributed by atoms with Crippen LogP contribution in [0, 0.1) is 0 Å². The summed E-state index contributed by atoms with van der Waals surface area (Å²) in [4.78, 5) is 18.5. The number of ether oxygens (including phenoxy) is 1. The van der Waals surface area contributed by atoms with Crippen LogP contribution < -0.4 is 10.1 Å². The zero-order chi connectivity index (χ0) is 20.8. The van der Waals surface area contributed by atoms with Crippen molar-refractivity contribution in [2.24, 2.45) is 0 Å². The molecule has 2 N–H and O–H groups in total. The van der Waals surface area contributed by atoms with Crippen molar-refractivity contribution in [3.63, 3.8) is 0 Å². The molecule has 2 aromatic carbocycles. The number of hydrogen-bond donors (Lipinski definition) is 2. The van der Waals surface area contributed by atoms with Crippen molar-refractivity contribution in [3.05, 3.63) is 89.7 Å². The lowest BCUT2D eigenvalue weighted by Crippen LogP contribution is -2.38. The minimum atomic E-state index is -0.594. The molecule has 4 rings (SSSR count). The molecule has 0 bridgehead atoms. The Morgan fingerprint density at radius 2 is 2.00 bits per heavy atom. The van der Waals surface area contributed by atoms with E-state index in [0.29, 0.717) is 23.5 Å². The number of benzene rings is 2. The number of anilines is 1. The van der Waals surface area contributed by atoms with Gasteiger partial charge in [0, 0.05) is 43.8 Å². The Morgan fingerprint density at radius 1 is 1.13 bits per heavy atom. The van der Waals surface area contributed by atoms with Crippen molar-refractivity contribution in [3.8, 4) is 5.75 Å². The topological polar surface area (TPSA) is 74.7 Å². The molecule has 1 aliphatic rings. The third-order valence-corrected chi connectivity index (χ3v) is 5.14. The van der Waals surface area contributed by atoms with Gasteiger partial charge in [-0.3, -0.25) is 14.7 Å². The number of nitrogens with one attached hydrogen (secondary N) is 1. The highest BCUT2D eigenvalue weighted by atomic mass is 16.5. The number of nitrogens with zero attached hydrogens (tertiary/aromatic N) is 2. The molecule has 0 saturated carbocycles. The number of β-amino-alcohol motifs (C(OH)–C–C–N with tert-alkyl or cyclic N) is 1. The molecule has 30 heavy (non-hydrogen) atoms. The molecule has 154 valence electrons. The average Bonchev–Trinajstić information content (AvgIpc) is 2.78. The summed E-state index contributed by atoms with van der Waals surface area (Å²) in [6.45, 7) is 2.54. The molecule has 1 aliphatic heterocycles. The Morgan fingerprint density at radius 3 is 2.83 bits per heavy atom. The maximum Gasteiger partial charge on any atom is 0.257 e. The quantitative estimate of drug-likeness (QED) is 0.634. The number of aliphatic hydroxyl groups is 1. The molecule has 1 aromatic heterocycles. The Labute approximate surface area is 176 Å². The van der Waals surface area contributed by atoms with Crippen LogP contribution in [0.25, 0.3) is 0 Å². The summed E-state index contributed by atoms with van der Waals surface area (Å²) < 4.78 is 5.77. The summed E-state index contributed by atoms with van der Waals surface area (Å²) in [6, 6.07) is 19.0. The molecule has 6 heteroatoms. The van der Waals surface area contributed by atoms with Gasteiger partial charge >= 0.3 is 0 Å². The van der Waals surface area contributed by atoms with Crippen molar-refractivity contribution in [1.29, 1.82) is 0 Å². The van der Waals surface area contributed by atoms with E-state index in [1.165, 1.54) is 17.3 Å². The molecule has 0 spiro atoms. The number of fused-ring (bicyclic) bond motifs is 1. The molecule has 2 heterocycles. The first kappa shape index (κ1) is 20.1. The molecule has 0 saturated heterocycles. The number of carbonyl (C=O) groups is 1. The third kappa shape index (κ3) is 5.23. The van der Waals surface area contributed by atoms with Crippen molar-refractivity contribution in [1.82, 2.24) is 9.88 Å². The van der Waals surface area contributed by atoms with E-state index in [1.54, 1.807) is 30.5 Å². The molecular weight excluding hydrogens is 378 g/mol. The second-order valence-corrected chi connectivity index (χ2v) is 7.44. The summed E-state index contributed by atoms with van der Waals surface area (Å²) in [6.07, 6.45) is 3.55. The zero-order valence-corrected chi connectivity index (χ0v) is 16.7. The lowest BCUT2D eigenvalue weighted by molar-refractivity contribution is 0.0638. The molecule has 6 nitrogen and oxygen atoms in total. The van der Waals surface area contributed by atoms with Crippen molar-refractivity contribution in [2.45, 2.75) is 19.1 Å². The highest BCUT2D eigenvalue weighted by Gasteiger charge is 2.18. The average molecular weight is 403 g/mol. The maximum absolute atomic E-state index is 12.3. The van der Waals surface area contributed by atoms with E-state index in [-0.39, 0.29) is 12.5 Å². The van der Waals surface area contributed by atoms with Gasteiger partial charge in [-0.15, -0.1) is 0 Å². The molecule has 1 unspecified atom stereocenters. The van der Waals surface area contributed by atoms with Crippen LogP contribution in [0.1, 0.15) is 21.5 Å².